The molecule has 0 saturated carbocycles. The molecule has 112 valence electrons. The Balaban J connectivity index is 2.46. The largest absolute Gasteiger partial charge is 0.493 e. The van der Waals surface area contributed by atoms with Gasteiger partial charge < -0.3 is 14.2 Å². The summed E-state index contributed by atoms with van der Waals surface area (Å²) in [6, 6.07) is 3.56. The van der Waals surface area contributed by atoms with Crippen LogP contribution < -0.4 is 14.2 Å². The Morgan fingerprint density at radius 1 is 1.14 bits per heavy atom. The van der Waals surface area contributed by atoms with E-state index in [1.165, 1.54) is 16.7 Å². The Labute approximate surface area is 132 Å². The topological polar surface area (TPSA) is 48.0 Å². The summed E-state index contributed by atoms with van der Waals surface area (Å²) >= 11 is 6.38. The molecule has 0 aliphatic carbocycles. The van der Waals surface area contributed by atoms with Crippen molar-refractivity contribution in [3.63, 3.8) is 0 Å². The van der Waals surface area contributed by atoms with Gasteiger partial charge in [0.25, 0.3) is 5.91 Å². The number of hydrogen-bond acceptors (Lipinski definition) is 6. The smallest absolute Gasteiger partial charge is 0.265 e. The number of hydrogen-bond donors (Lipinski definition) is 0. The van der Waals surface area contributed by atoms with Crippen LogP contribution in [-0.2, 0) is 4.79 Å². The quantitative estimate of drug-likeness (QED) is 0.626. The van der Waals surface area contributed by atoms with E-state index >= 15 is 0 Å². The third-order valence-electron chi connectivity index (χ3n) is 2.97. The lowest BCUT2D eigenvalue weighted by Crippen LogP contribution is -2.22. The fraction of sp³-hybridized carbons (Fsp3) is 0.286. The average molecular weight is 325 g/mol. The molecular formula is C14H15NO4S2. The van der Waals surface area contributed by atoms with E-state index in [0.717, 1.165) is 5.56 Å². The van der Waals surface area contributed by atoms with Crippen LogP contribution in [0, 0.1) is 0 Å². The highest BCUT2D eigenvalue weighted by molar-refractivity contribution is 8.26. The minimum Gasteiger partial charge on any atom is -0.493 e. The van der Waals surface area contributed by atoms with Crippen molar-refractivity contribution in [2.24, 2.45) is 0 Å². The van der Waals surface area contributed by atoms with E-state index in [0.29, 0.717) is 26.5 Å². The zero-order valence-corrected chi connectivity index (χ0v) is 13.8. The summed E-state index contributed by atoms with van der Waals surface area (Å²) < 4.78 is 16.4. The predicted molar refractivity (Wildman–Crippen MR) is 87.0 cm³/mol. The molecule has 5 nitrogen and oxygen atoms in total. The van der Waals surface area contributed by atoms with Crippen LogP contribution in [0.25, 0.3) is 6.08 Å². The Hall–Kier alpha value is -1.73. The molecule has 1 aromatic rings. The molecule has 1 heterocycles. The number of thioether (sulfide) groups is 1. The van der Waals surface area contributed by atoms with Crippen molar-refractivity contribution in [1.82, 2.24) is 4.90 Å². The van der Waals surface area contributed by atoms with Gasteiger partial charge in [-0.1, -0.05) is 24.0 Å². The number of carbonyl (C=O) groups excluding carboxylic acids is 1. The van der Waals surface area contributed by atoms with E-state index in [9.17, 15) is 4.79 Å². The lowest BCUT2D eigenvalue weighted by molar-refractivity contribution is -0.121. The molecule has 0 unspecified atom stereocenters. The maximum absolute atomic E-state index is 12.0. The summed E-state index contributed by atoms with van der Waals surface area (Å²) in [4.78, 5) is 14.0. The van der Waals surface area contributed by atoms with E-state index in [4.69, 9.17) is 26.4 Å². The van der Waals surface area contributed by atoms with Crippen molar-refractivity contribution in [3.05, 3.63) is 22.6 Å². The monoisotopic (exact) mass is 325 g/mol. The molecule has 1 aliphatic heterocycles. The fourth-order valence-electron chi connectivity index (χ4n) is 1.88. The number of amides is 1. The minimum atomic E-state index is -0.112. The number of rotatable bonds is 4. The van der Waals surface area contributed by atoms with E-state index in [1.54, 1.807) is 46.6 Å². The SMILES string of the molecule is COc1cc(/C=C2/SC(=S)N(C)C2=O)cc(OC)c1OC. The summed E-state index contributed by atoms with van der Waals surface area (Å²) in [7, 11) is 6.30. The van der Waals surface area contributed by atoms with E-state index < -0.39 is 0 Å². The molecule has 0 aromatic heterocycles. The third kappa shape index (κ3) is 2.98. The zero-order valence-electron chi connectivity index (χ0n) is 12.1. The Kier molecular flexibility index (Phi) is 4.74. The molecule has 0 N–H and O–H groups in total. The van der Waals surface area contributed by atoms with Crippen LogP contribution in [0.2, 0.25) is 0 Å². The van der Waals surface area contributed by atoms with Crippen molar-refractivity contribution < 1.29 is 19.0 Å². The molecule has 21 heavy (non-hydrogen) atoms. The summed E-state index contributed by atoms with van der Waals surface area (Å²) in [5.74, 6) is 1.48. The van der Waals surface area contributed by atoms with Crippen LogP contribution in [0.15, 0.2) is 17.0 Å². The highest BCUT2D eigenvalue weighted by Crippen LogP contribution is 2.40. The van der Waals surface area contributed by atoms with Gasteiger partial charge in [0.05, 0.1) is 26.2 Å². The number of thiocarbonyl (C=S) groups is 1. The Morgan fingerprint density at radius 2 is 1.71 bits per heavy atom. The number of methoxy groups -OCH3 is 3. The van der Waals surface area contributed by atoms with Crippen LogP contribution in [0.5, 0.6) is 17.2 Å². The van der Waals surface area contributed by atoms with Crippen molar-refractivity contribution in [2.75, 3.05) is 28.4 Å². The number of ether oxygens (including phenoxy) is 3. The molecular weight excluding hydrogens is 310 g/mol. The van der Waals surface area contributed by atoms with Crippen molar-refractivity contribution in [1.29, 1.82) is 0 Å². The van der Waals surface area contributed by atoms with Crippen LogP contribution in [0.4, 0.5) is 0 Å². The summed E-state index contributed by atoms with van der Waals surface area (Å²) in [6.07, 6.45) is 1.76. The first-order valence-corrected chi connectivity index (χ1v) is 7.25. The fourth-order valence-corrected chi connectivity index (χ4v) is 3.06. The predicted octanol–water partition coefficient (Wildman–Crippen LogP) is 2.54. The molecule has 0 spiro atoms. The molecule has 1 aromatic carbocycles. The van der Waals surface area contributed by atoms with Crippen LogP contribution in [0.3, 0.4) is 0 Å². The molecule has 1 aliphatic rings. The average Bonchev–Trinajstić information content (AvgIpc) is 2.73. The van der Waals surface area contributed by atoms with Gasteiger partial charge in [-0.15, -0.1) is 0 Å². The van der Waals surface area contributed by atoms with Crippen LogP contribution >= 0.6 is 24.0 Å². The summed E-state index contributed by atoms with van der Waals surface area (Å²) in [6.45, 7) is 0. The van der Waals surface area contributed by atoms with Crippen molar-refractivity contribution in [3.8, 4) is 17.2 Å². The Bertz CT molecular complexity index is 602. The van der Waals surface area contributed by atoms with E-state index in [1.807, 2.05) is 0 Å². The van der Waals surface area contributed by atoms with Crippen LogP contribution in [0.1, 0.15) is 5.56 Å². The van der Waals surface area contributed by atoms with Gasteiger partial charge in [-0.25, -0.2) is 0 Å². The highest BCUT2D eigenvalue weighted by atomic mass is 32.2. The van der Waals surface area contributed by atoms with E-state index in [-0.39, 0.29) is 5.91 Å². The second-order valence-corrected chi connectivity index (χ2v) is 5.88. The van der Waals surface area contributed by atoms with Crippen molar-refractivity contribution >= 4 is 40.3 Å². The van der Waals surface area contributed by atoms with Crippen molar-refractivity contribution in [2.45, 2.75) is 0 Å². The number of carbonyl (C=O) groups is 1. The number of likely N-dealkylation sites (N-methyl/N-ethyl adjacent to an activating group) is 1. The first kappa shape index (κ1) is 15.7. The number of nitrogens with zero attached hydrogens (tertiary/aromatic N) is 1. The molecule has 0 radical (unpaired) electrons. The maximum Gasteiger partial charge on any atom is 0.265 e. The lowest BCUT2D eigenvalue weighted by Gasteiger charge is -2.13. The molecule has 0 bridgehead atoms. The van der Waals surface area contributed by atoms with Gasteiger partial charge in [0.15, 0.2) is 11.5 Å². The van der Waals surface area contributed by atoms with Gasteiger partial charge in [-0.3, -0.25) is 9.69 Å². The first-order valence-electron chi connectivity index (χ1n) is 6.03. The van der Waals surface area contributed by atoms with Gasteiger partial charge in [0, 0.05) is 7.05 Å². The standard InChI is InChI=1S/C14H15NO4S2/c1-15-13(16)11(21-14(15)20)7-8-5-9(17-2)12(19-4)10(6-8)18-3/h5-7H,1-4H3/b11-7+. The second kappa shape index (κ2) is 6.36. The molecule has 2 rings (SSSR count). The van der Waals surface area contributed by atoms with Gasteiger partial charge >= 0.3 is 0 Å². The summed E-state index contributed by atoms with van der Waals surface area (Å²) in [5.41, 5.74) is 0.776. The first-order chi connectivity index (χ1) is 10.0. The maximum atomic E-state index is 12.0. The van der Waals surface area contributed by atoms with Crippen LogP contribution in [-0.4, -0.2) is 43.5 Å². The minimum absolute atomic E-state index is 0.112. The third-order valence-corrected chi connectivity index (χ3v) is 4.46. The van der Waals surface area contributed by atoms with E-state index in [2.05, 4.69) is 0 Å². The number of benzene rings is 1. The highest BCUT2D eigenvalue weighted by Gasteiger charge is 2.28. The zero-order chi connectivity index (χ0) is 15.6. The lowest BCUT2D eigenvalue weighted by atomic mass is 10.1. The molecule has 7 heteroatoms. The molecule has 0 atom stereocenters. The molecule has 1 fully saturated rings. The van der Waals surface area contributed by atoms with Gasteiger partial charge in [0.2, 0.25) is 5.75 Å². The normalized spacial score (nSPS) is 16.6. The van der Waals surface area contributed by atoms with Gasteiger partial charge in [-0.2, -0.15) is 0 Å². The summed E-state index contributed by atoms with van der Waals surface area (Å²) in [5, 5.41) is 0. The Morgan fingerprint density at radius 3 is 2.10 bits per heavy atom. The van der Waals surface area contributed by atoms with Gasteiger partial charge in [-0.05, 0) is 23.8 Å². The molecule has 1 saturated heterocycles. The second-order valence-electron chi connectivity index (χ2n) is 4.20. The van der Waals surface area contributed by atoms with Gasteiger partial charge in [0.1, 0.15) is 4.32 Å². The molecule has 1 amide bonds.